The maximum Gasteiger partial charge on any atom is 0.534 e. The molecule has 0 aliphatic rings. The smallest absolute Gasteiger partial charge is 0.456 e. The molecular weight excluding hydrogens is 742 g/mol. The molecule has 0 saturated heterocycles. The zero-order chi connectivity index (χ0) is 38.6. The van der Waals surface area contributed by atoms with Crippen LogP contribution >= 0.6 is 0 Å². The minimum atomic E-state index is -6.06. The topological polar surface area (TPSA) is 56.5 Å². The molecule has 11 aromatic rings. The van der Waals surface area contributed by atoms with Gasteiger partial charge in [0.2, 0.25) is 0 Å². The van der Waals surface area contributed by atoms with E-state index < -0.39 is 21.4 Å². The van der Waals surface area contributed by atoms with E-state index in [0.717, 1.165) is 81.5 Å². The SMILES string of the molecule is O=S(=O)(Oc1ccc2c3ccccc3c3ccccc3c2c1-c1c2ccccc2c(-c2ccc3oc4cc5ccccc5cc4c3c2)c2ccccc12)C(F)(F)F. The summed E-state index contributed by atoms with van der Waals surface area (Å²) >= 11 is 0. The lowest BCUT2D eigenvalue weighted by Gasteiger charge is -2.22. The van der Waals surface area contributed by atoms with Crippen molar-refractivity contribution in [2.45, 2.75) is 5.51 Å². The molecule has 1 heterocycles. The molecule has 11 rings (SSSR count). The van der Waals surface area contributed by atoms with Crippen molar-refractivity contribution in [2.75, 3.05) is 0 Å². The summed E-state index contributed by atoms with van der Waals surface area (Å²) in [6.45, 7) is 0. The van der Waals surface area contributed by atoms with Crippen molar-refractivity contribution in [1.29, 1.82) is 0 Å². The zero-order valence-electron chi connectivity index (χ0n) is 29.8. The second kappa shape index (κ2) is 12.0. The summed E-state index contributed by atoms with van der Waals surface area (Å²) in [5, 5.41) is 12.0. The van der Waals surface area contributed by atoms with Gasteiger partial charge in [-0.1, -0.05) is 127 Å². The molecule has 0 spiro atoms. The summed E-state index contributed by atoms with van der Waals surface area (Å²) in [4.78, 5) is 0. The molecule has 0 aliphatic heterocycles. The third kappa shape index (κ3) is 4.97. The van der Waals surface area contributed by atoms with E-state index in [2.05, 4.69) is 30.3 Å². The molecule has 8 heteroatoms. The first-order valence-corrected chi connectivity index (χ1v) is 19.7. The average molecular weight is 769 g/mol. The highest BCUT2D eigenvalue weighted by Crippen LogP contribution is 2.52. The Balaban J connectivity index is 1.29. The van der Waals surface area contributed by atoms with E-state index >= 15 is 0 Å². The minimum Gasteiger partial charge on any atom is -0.456 e. The van der Waals surface area contributed by atoms with Gasteiger partial charge in [0.1, 0.15) is 11.2 Å². The second-order valence-corrected chi connectivity index (χ2v) is 15.8. The quantitative estimate of drug-likeness (QED) is 0.0774. The van der Waals surface area contributed by atoms with Crippen molar-refractivity contribution in [2.24, 2.45) is 0 Å². The van der Waals surface area contributed by atoms with Crippen molar-refractivity contribution >= 4 is 96.7 Å². The van der Waals surface area contributed by atoms with Gasteiger partial charge in [-0.2, -0.15) is 21.6 Å². The van der Waals surface area contributed by atoms with Crippen LogP contribution in [0.2, 0.25) is 0 Å². The molecule has 0 fully saturated rings. The molecule has 0 unspecified atom stereocenters. The van der Waals surface area contributed by atoms with Crippen LogP contribution in [-0.2, 0) is 10.1 Å². The predicted molar refractivity (Wildman–Crippen MR) is 225 cm³/mol. The number of alkyl halides is 3. The van der Waals surface area contributed by atoms with Crippen LogP contribution in [0.5, 0.6) is 5.75 Å². The molecule has 4 nitrogen and oxygen atoms in total. The third-order valence-electron chi connectivity index (χ3n) is 11.2. The number of fused-ring (bicyclic) bond motifs is 12. The van der Waals surface area contributed by atoms with Gasteiger partial charge in [0.15, 0.2) is 5.75 Å². The number of hydrogen-bond donors (Lipinski definition) is 0. The van der Waals surface area contributed by atoms with Crippen molar-refractivity contribution < 1.29 is 30.2 Å². The normalized spacial score (nSPS) is 12.6. The van der Waals surface area contributed by atoms with Crippen LogP contribution in [0, 0.1) is 0 Å². The van der Waals surface area contributed by atoms with Crippen molar-refractivity contribution in [3.05, 3.63) is 164 Å². The summed E-state index contributed by atoms with van der Waals surface area (Å²) in [7, 11) is -6.06. The highest BCUT2D eigenvalue weighted by Gasteiger charge is 2.49. The Morgan fingerprint density at radius 1 is 0.421 bits per heavy atom. The van der Waals surface area contributed by atoms with Crippen molar-refractivity contribution in [3.8, 4) is 28.0 Å². The number of hydrogen-bond acceptors (Lipinski definition) is 4. The number of benzene rings is 10. The van der Waals surface area contributed by atoms with Crippen LogP contribution < -0.4 is 4.18 Å². The molecule has 0 aliphatic carbocycles. The van der Waals surface area contributed by atoms with Crippen LogP contribution in [0.1, 0.15) is 0 Å². The lowest BCUT2D eigenvalue weighted by Crippen LogP contribution is -2.28. The fourth-order valence-electron chi connectivity index (χ4n) is 8.79. The average Bonchev–Trinajstić information content (AvgIpc) is 3.58. The summed E-state index contributed by atoms with van der Waals surface area (Å²) in [6.07, 6.45) is 0. The van der Waals surface area contributed by atoms with Gasteiger partial charge in [-0.3, -0.25) is 0 Å². The lowest BCUT2D eigenvalue weighted by atomic mass is 9.82. The maximum absolute atomic E-state index is 14.1. The Hall–Kier alpha value is -6.90. The van der Waals surface area contributed by atoms with E-state index in [0.29, 0.717) is 21.7 Å². The van der Waals surface area contributed by atoms with E-state index in [9.17, 15) is 21.6 Å². The standard InChI is InChI=1S/C49H27F3O4S/c50-49(51,52)57(53,54)56-43-24-22-39-33-15-4-3-13-31(33)32-14-5-6-16-34(32)46(39)48(43)47-37-19-9-7-17-35(37)45(36-18-8-10-20-38(36)47)30-21-23-42-40(26-30)41-25-28-11-1-2-12-29(28)27-44(41)55-42/h1-27H. The van der Waals surface area contributed by atoms with E-state index in [1.165, 1.54) is 6.07 Å². The van der Waals surface area contributed by atoms with Gasteiger partial charge in [-0.05, 0) is 107 Å². The van der Waals surface area contributed by atoms with Crippen molar-refractivity contribution in [1.82, 2.24) is 0 Å². The van der Waals surface area contributed by atoms with E-state index in [1.807, 2.05) is 121 Å². The van der Waals surface area contributed by atoms with Gasteiger partial charge in [-0.25, -0.2) is 0 Å². The molecule has 1 aromatic heterocycles. The van der Waals surface area contributed by atoms with Crippen LogP contribution in [0.15, 0.2) is 168 Å². The summed E-state index contributed by atoms with van der Waals surface area (Å²) in [5.41, 5.74) is -1.47. The molecule has 0 radical (unpaired) electrons. The first kappa shape index (κ1) is 33.4. The van der Waals surface area contributed by atoms with Gasteiger partial charge in [-0.15, -0.1) is 0 Å². The molecule has 10 aromatic carbocycles. The number of furan rings is 1. The zero-order valence-corrected chi connectivity index (χ0v) is 30.6. The summed E-state index contributed by atoms with van der Waals surface area (Å²) in [6, 6.07) is 52.5. The monoisotopic (exact) mass is 768 g/mol. The summed E-state index contributed by atoms with van der Waals surface area (Å²) in [5.74, 6) is -0.415. The fraction of sp³-hybridized carbons (Fsp3) is 0.0204. The molecule has 0 N–H and O–H groups in total. The molecule has 0 atom stereocenters. The Kier molecular flexibility index (Phi) is 7.07. The van der Waals surface area contributed by atoms with Crippen LogP contribution in [-0.4, -0.2) is 13.9 Å². The van der Waals surface area contributed by atoms with Crippen LogP contribution in [0.4, 0.5) is 13.2 Å². The van der Waals surface area contributed by atoms with Gasteiger partial charge in [0, 0.05) is 27.3 Å². The van der Waals surface area contributed by atoms with Gasteiger partial charge in [0.25, 0.3) is 0 Å². The Morgan fingerprint density at radius 2 is 0.895 bits per heavy atom. The molecule has 0 saturated carbocycles. The van der Waals surface area contributed by atoms with Gasteiger partial charge < -0.3 is 8.60 Å². The second-order valence-electron chi connectivity index (χ2n) is 14.3. The van der Waals surface area contributed by atoms with E-state index in [1.54, 1.807) is 6.07 Å². The van der Waals surface area contributed by atoms with Crippen LogP contribution in [0.3, 0.4) is 0 Å². The maximum atomic E-state index is 14.1. The van der Waals surface area contributed by atoms with E-state index in [4.69, 9.17) is 8.60 Å². The minimum absolute atomic E-state index is 0.254. The van der Waals surface area contributed by atoms with Crippen molar-refractivity contribution in [3.63, 3.8) is 0 Å². The Bertz CT molecular complexity index is 3530. The molecule has 0 amide bonds. The summed E-state index contributed by atoms with van der Waals surface area (Å²) < 4.78 is 79.6. The third-order valence-corrected chi connectivity index (χ3v) is 12.1. The first-order valence-electron chi connectivity index (χ1n) is 18.3. The first-order chi connectivity index (χ1) is 27.7. The fourth-order valence-corrected chi connectivity index (χ4v) is 9.26. The molecule has 57 heavy (non-hydrogen) atoms. The molecular formula is C49H27F3O4S. The van der Waals surface area contributed by atoms with Gasteiger partial charge >= 0.3 is 15.6 Å². The van der Waals surface area contributed by atoms with Crippen LogP contribution in [0.25, 0.3) is 109 Å². The number of halogens is 3. The van der Waals surface area contributed by atoms with E-state index in [-0.39, 0.29) is 5.56 Å². The number of rotatable bonds is 4. The largest absolute Gasteiger partial charge is 0.534 e. The predicted octanol–water partition coefficient (Wildman–Crippen LogP) is 14.1. The van der Waals surface area contributed by atoms with Gasteiger partial charge in [0.05, 0.1) is 0 Å². The highest BCUT2D eigenvalue weighted by atomic mass is 32.2. The Labute approximate surface area is 323 Å². The Morgan fingerprint density at radius 3 is 1.49 bits per heavy atom. The molecule has 0 bridgehead atoms. The molecule has 274 valence electrons. The highest BCUT2D eigenvalue weighted by molar-refractivity contribution is 7.88. The lowest BCUT2D eigenvalue weighted by molar-refractivity contribution is -0.0499.